The number of fused-ring (bicyclic) bond motifs is 1. The van der Waals surface area contributed by atoms with E-state index in [0.717, 1.165) is 53.6 Å². The largest absolute Gasteiger partial charge is 0.270 e. The summed E-state index contributed by atoms with van der Waals surface area (Å²) in [4.78, 5) is 13.0. The van der Waals surface area contributed by atoms with Crippen LogP contribution in [0, 0.1) is 6.92 Å². The fourth-order valence-electron chi connectivity index (χ4n) is 4.35. The minimum Gasteiger partial charge on any atom is -0.267 e. The topological polar surface area (TPSA) is 72.3 Å². The third-order valence-corrected chi connectivity index (χ3v) is 8.11. The lowest BCUT2D eigenvalue weighted by molar-refractivity contribution is 0.466. The van der Waals surface area contributed by atoms with Crippen molar-refractivity contribution in [1.82, 2.24) is 14.1 Å². The van der Waals surface area contributed by atoms with Crippen LogP contribution < -0.4 is 5.56 Å². The number of nitrogens with zero attached hydrogens (tertiary/aromatic N) is 3. The van der Waals surface area contributed by atoms with Gasteiger partial charge in [0.2, 0.25) is 10.0 Å². The van der Waals surface area contributed by atoms with E-state index in [1.54, 1.807) is 13.1 Å². The van der Waals surface area contributed by atoms with Crippen molar-refractivity contribution in [1.29, 1.82) is 0 Å². The van der Waals surface area contributed by atoms with E-state index in [2.05, 4.69) is 5.10 Å². The van der Waals surface area contributed by atoms with Gasteiger partial charge in [-0.1, -0.05) is 42.5 Å². The van der Waals surface area contributed by atoms with Gasteiger partial charge in [-0.15, -0.1) is 0 Å². The number of benzene rings is 2. The van der Waals surface area contributed by atoms with E-state index in [0.29, 0.717) is 18.7 Å². The van der Waals surface area contributed by atoms with Crippen molar-refractivity contribution in [2.24, 2.45) is 0 Å². The highest BCUT2D eigenvalue weighted by Crippen LogP contribution is 2.31. The smallest absolute Gasteiger partial charge is 0.267 e. The maximum atomic E-state index is 13.5. The van der Waals surface area contributed by atoms with Gasteiger partial charge >= 0.3 is 0 Å². The highest BCUT2D eigenvalue weighted by Gasteiger charge is 2.26. The number of rotatable bonds is 6. The molecule has 3 aromatic rings. The Hall–Kier alpha value is -2.77. The van der Waals surface area contributed by atoms with E-state index in [4.69, 9.17) is 0 Å². The van der Waals surface area contributed by atoms with Crippen LogP contribution in [0.5, 0.6) is 0 Å². The van der Waals surface area contributed by atoms with Gasteiger partial charge in [-0.25, -0.2) is 13.1 Å². The van der Waals surface area contributed by atoms with E-state index in [-0.39, 0.29) is 10.5 Å². The molecule has 32 heavy (non-hydrogen) atoms. The number of hydrogen-bond acceptors (Lipinski definition) is 4. The second-order valence-corrected chi connectivity index (χ2v) is 10.4. The Labute approximate surface area is 189 Å². The zero-order chi connectivity index (χ0) is 22.9. The number of sulfonamides is 1. The van der Waals surface area contributed by atoms with Crippen LogP contribution in [-0.2, 0) is 36.0 Å². The first-order valence-electron chi connectivity index (χ1n) is 11.1. The molecule has 0 atom stereocenters. The third-order valence-electron chi connectivity index (χ3n) is 6.16. The molecule has 2 aromatic carbocycles. The molecule has 0 aliphatic heterocycles. The molecule has 0 fully saturated rings. The van der Waals surface area contributed by atoms with Crippen molar-refractivity contribution in [2.45, 2.75) is 57.5 Å². The predicted octanol–water partition coefficient (Wildman–Crippen LogP) is 3.94. The van der Waals surface area contributed by atoms with Gasteiger partial charge < -0.3 is 0 Å². The average molecular weight is 452 g/mol. The second kappa shape index (κ2) is 9.00. The van der Waals surface area contributed by atoms with Gasteiger partial charge in [-0.3, -0.25) is 4.79 Å². The first kappa shape index (κ1) is 22.4. The lowest BCUT2D eigenvalue weighted by Gasteiger charge is -2.22. The van der Waals surface area contributed by atoms with Crippen molar-refractivity contribution >= 4 is 10.0 Å². The SMILES string of the molecule is CCn1nc(-c2ccc(C)c(S(=O)(=O)N(C)Cc3ccccc3)c2)c2c(c1=O)CCCC2. The minimum atomic E-state index is -3.71. The van der Waals surface area contributed by atoms with Crippen LogP contribution in [-0.4, -0.2) is 29.6 Å². The first-order chi connectivity index (χ1) is 15.3. The van der Waals surface area contributed by atoms with E-state index in [9.17, 15) is 13.2 Å². The van der Waals surface area contributed by atoms with Gasteiger partial charge in [0.15, 0.2) is 0 Å². The summed E-state index contributed by atoms with van der Waals surface area (Å²) in [6, 6.07) is 15.0. The Bertz CT molecular complexity index is 1300. The van der Waals surface area contributed by atoms with E-state index in [1.807, 2.05) is 56.3 Å². The Kier molecular flexibility index (Phi) is 6.31. The Morgan fingerprint density at radius 2 is 1.72 bits per heavy atom. The highest BCUT2D eigenvalue weighted by atomic mass is 32.2. The van der Waals surface area contributed by atoms with Gasteiger partial charge in [-0.2, -0.15) is 9.40 Å². The molecule has 1 aliphatic rings. The summed E-state index contributed by atoms with van der Waals surface area (Å²) >= 11 is 0. The van der Waals surface area contributed by atoms with Crippen molar-refractivity contribution in [2.75, 3.05) is 7.05 Å². The van der Waals surface area contributed by atoms with Gasteiger partial charge in [0.25, 0.3) is 5.56 Å². The quantitative estimate of drug-likeness (QED) is 0.569. The molecule has 0 N–H and O–H groups in total. The number of hydrogen-bond donors (Lipinski definition) is 0. The van der Waals surface area contributed by atoms with Crippen LogP contribution in [0.25, 0.3) is 11.3 Å². The maximum absolute atomic E-state index is 13.5. The van der Waals surface area contributed by atoms with E-state index in [1.165, 1.54) is 8.99 Å². The number of aromatic nitrogens is 2. The van der Waals surface area contributed by atoms with Crippen LogP contribution in [0.4, 0.5) is 0 Å². The second-order valence-electron chi connectivity index (χ2n) is 8.36. The molecule has 0 amide bonds. The van der Waals surface area contributed by atoms with Crippen LogP contribution >= 0.6 is 0 Å². The zero-order valence-electron chi connectivity index (χ0n) is 18.8. The van der Waals surface area contributed by atoms with Gasteiger partial charge in [0, 0.05) is 31.3 Å². The third kappa shape index (κ3) is 4.14. The molecular formula is C25H29N3O3S. The molecule has 1 aromatic heterocycles. The molecule has 0 unspecified atom stereocenters. The zero-order valence-corrected chi connectivity index (χ0v) is 19.7. The molecular weight excluding hydrogens is 422 g/mol. The molecule has 0 radical (unpaired) electrons. The molecule has 0 spiro atoms. The summed E-state index contributed by atoms with van der Waals surface area (Å²) < 4.78 is 29.8. The molecule has 6 nitrogen and oxygen atoms in total. The normalized spacial score (nSPS) is 13.9. The van der Waals surface area contributed by atoms with Crippen LogP contribution in [0.15, 0.2) is 58.2 Å². The summed E-state index contributed by atoms with van der Waals surface area (Å²) in [5.74, 6) is 0. The summed E-state index contributed by atoms with van der Waals surface area (Å²) in [6.07, 6.45) is 3.54. The molecule has 7 heteroatoms. The van der Waals surface area contributed by atoms with Crippen molar-refractivity contribution in [3.8, 4) is 11.3 Å². The Morgan fingerprint density at radius 3 is 2.41 bits per heavy atom. The standard InChI is InChI=1S/C25H29N3O3S/c1-4-28-25(29)22-13-9-8-12-21(22)24(26-28)20-15-14-18(2)23(16-20)32(30,31)27(3)17-19-10-6-5-7-11-19/h5-7,10-11,14-16H,4,8-9,12-13,17H2,1-3H3. The summed E-state index contributed by atoms with van der Waals surface area (Å²) in [5.41, 5.74) is 4.86. The fraction of sp³-hybridized carbons (Fsp3) is 0.360. The van der Waals surface area contributed by atoms with Crippen LogP contribution in [0.2, 0.25) is 0 Å². The van der Waals surface area contributed by atoms with Gasteiger partial charge in [0.1, 0.15) is 0 Å². The molecule has 4 rings (SSSR count). The Balaban J connectivity index is 1.79. The van der Waals surface area contributed by atoms with E-state index >= 15 is 0 Å². The Morgan fingerprint density at radius 1 is 1.03 bits per heavy atom. The summed E-state index contributed by atoms with van der Waals surface area (Å²) in [7, 11) is -2.10. The minimum absolute atomic E-state index is 0.0199. The molecule has 0 saturated carbocycles. The molecule has 168 valence electrons. The van der Waals surface area contributed by atoms with E-state index < -0.39 is 10.0 Å². The van der Waals surface area contributed by atoms with Gasteiger partial charge in [-0.05, 0) is 62.3 Å². The van der Waals surface area contributed by atoms with Crippen LogP contribution in [0.3, 0.4) is 0 Å². The molecule has 1 heterocycles. The van der Waals surface area contributed by atoms with Gasteiger partial charge in [0.05, 0.1) is 10.6 Å². The summed E-state index contributed by atoms with van der Waals surface area (Å²) in [5, 5.41) is 4.64. The van der Waals surface area contributed by atoms with Crippen molar-refractivity contribution < 1.29 is 8.42 Å². The van der Waals surface area contributed by atoms with Crippen LogP contribution in [0.1, 0.15) is 42.0 Å². The average Bonchev–Trinajstić information content (AvgIpc) is 2.80. The highest BCUT2D eigenvalue weighted by molar-refractivity contribution is 7.89. The molecule has 0 saturated heterocycles. The lowest BCUT2D eigenvalue weighted by Crippen LogP contribution is -2.30. The maximum Gasteiger partial charge on any atom is 0.270 e. The number of aryl methyl sites for hydroxylation is 2. The van der Waals surface area contributed by atoms with Crippen molar-refractivity contribution in [3.05, 3.63) is 81.1 Å². The molecule has 0 bridgehead atoms. The summed E-state index contributed by atoms with van der Waals surface area (Å²) in [6.45, 7) is 4.48. The first-order valence-corrected chi connectivity index (χ1v) is 12.5. The lowest BCUT2D eigenvalue weighted by atomic mass is 9.89. The van der Waals surface area contributed by atoms with Crippen molar-refractivity contribution in [3.63, 3.8) is 0 Å². The molecule has 1 aliphatic carbocycles. The predicted molar refractivity (Wildman–Crippen MR) is 126 cm³/mol. The monoisotopic (exact) mass is 451 g/mol. The fourth-order valence-corrected chi connectivity index (χ4v) is 5.76.